The van der Waals surface area contributed by atoms with Crippen LogP contribution < -0.4 is 10.6 Å². The van der Waals surface area contributed by atoms with Gasteiger partial charge in [-0.15, -0.1) is 0 Å². The molecular weight excluding hydrogens is 368 g/mol. The van der Waals surface area contributed by atoms with Crippen LogP contribution in [0.3, 0.4) is 0 Å². The minimum Gasteiger partial charge on any atom is -0.352 e. The van der Waals surface area contributed by atoms with Gasteiger partial charge in [-0.1, -0.05) is 41.6 Å². The third-order valence-electron chi connectivity index (χ3n) is 5.25. The summed E-state index contributed by atoms with van der Waals surface area (Å²) in [7, 11) is 0. The van der Waals surface area contributed by atoms with Gasteiger partial charge in [0, 0.05) is 16.2 Å². The van der Waals surface area contributed by atoms with Crippen molar-refractivity contribution in [3.05, 3.63) is 28.2 Å². The zero-order valence-electron chi connectivity index (χ0n) is 14.2. The van der Waals surface area contributed by atoms with Gasteiger partial charge >= 0.3 is 0 Å². The second kappa shape index (κ2) is 7.26. The van der Waals surface area contributed by atoms with E-state index in [1.54, 1.807) is 0 Å². The number of nitrogens with one attached hydrogen (secondary N) is 2. The van der Waals surface area contributed by atoms with Gasteiger partial charge in [0.15, 0.2) is 0 Å². The Labute approximate surface area is 151 Å². The molecule has 0 radical (unpaired) electrons. The number of amides is 2. The molecular formula is C19H25BrN2O2. The van der Waals surface area contributed by atoms with Gasteiger partial charge in [-0.25, -0.2) is 0 Å². The van der Waals surface area contributed by atoms with Crippen LogP contribution in [0.15, 0.2) is 22.7 Å². The number of carbonyl (C=O) groups is 2. The predicted octanol–water partition coefficient (Wildman–Crippen LogP) is 4.32. The summed E-state index contributed by atoms with van der Waals surface area (Å²) in [6.07, 6.45) is 8.20. The van der Waals surface area contributed by atoms with Crippen molar-refractivity contribution >= 4 is 33.4 Å². The smallest absolute Gasteiger partial charge is 0.240 e. The maximum Gasteiger partial charge on any atom is 0.240 e. The molecule has 0 aliphatic heterocycles. The number of benzene rings is 1. The Kier molecular flexibility index (Phi) is 5.28. The van der Waals surface area contributed by atoms with E-state index in [-0.39, 0.29) is 17.9 Å². The Hall–Kier alpha value is -1.36. The summed E-state index contributed by atoms with van der Waals surface area (Å²) >= 11 is 3.42. The lowest BCUT2D eigenvalue weighted by Crippen LogP contribution is -2.44. The van der Waals surface area contributed by atoms with Gasteiger partial charge < -0.3 is 10.6 Å². The van der Waals surface area contributed by atoms with Crippen LogP contribution in [0, 0.1) is 12.3 Å². The number of aryl methyl sites for hydroxylation is 1. The molecule has 130 valence electrons. The van der Waals surface area contributed by atoms with Crippen molar-refractivity contribution < 1.29 is 9.59 Å². The van der Waals surface area contributed by atoms with E-state index in [0.29, 0.717) is 12.8 Å². The van der Waals surface area contributed by atoms with Crippen LogP contribution in [-0.2, 0) is 9.59 Å². The third kappa shape index (κ3) is 3.82. The van der Waals surface area contributed by atoms with E-state index in [4.69, 9.17) is 0 Å². The highest BCUT2D eigenvalue weighted by atomic mass is 79.9. The quantitative estimate of drug-likeness (QED) is 0.592. The maximum absolute atomic E-state index is 12.7. The molecule has 2 N–H and O–H groups in total. The summed E-state index contributed by atoms with van der Waals surface area (Å²) in [5.74, 6) is -0.249. The number of anilines is 1. The van der Waals surface area contributed by atoms with Crippen molar-refractivity contribution in [3.63, 3.8) is 0 Å². The van der Waals surface area contributed by atoms with Crippen LogP contribution in [0.4, 0.5) is 5.69 Å². The molecule has 0 spiro atoms. The Balaban J connectivity index is 1.63. The second-order valence-corrected chi connectivity index (χ2v) is 8.07. The van der Waals surface area contributed by atoms with Gasteiger partial charge in [0.25, 0.3) is 0 Å². The highest BCUT2D eigenvalue weighted by Crippen LogP contribution is 2.47. The first-order valence-electron chi connectivity index (χ1n) is 8.90. The number of rotatable bonds is 4. The van der Waals surface area contributed by atoms with Crippen molar-refractivity contribution in [2.45, 2.75) is 64.3 Å². The third-order valence-corrected chi connectivity index (χ3v) is 5.74. The molecule has 1 aromatic rings. The molecule has 0 saturated heterocycles. The lowest BCUT2D eigenvalue weighted by molar-refractivity contribution is -0.134. The SMILES string of the molecule is Cc1cc(Br)ccc1NC(=O)C1(C(=O)NC2CCCCCC2)CC1. The fourth-order valence-corrected chi connectivity index (χ4v) is 3.91. The average Bonchev–Trinajstić information content (AvgIpc) is 3.35. The monoisotopic (exact) mass is 392 g/mol. The lowest BCUT2D eigenvalue weighted by Gasteiger charge is -2.21. The van der Waals surface area contributed by atoms with Crippen LogP contribution >= 0.6 is 15.9 Å². The summed E-state index contributed by atoms with van der Waals surface area (Å²) in [5, 5.41) is 6.09. The van der Waals surface area contributed by atoms with Gasteiger partial charge in [-0.3, -0.25) is 9.59 Å². The summed E-state index contributed by atoms with van der Waals surface area (Å²) in [6, 6.07) is 5.96. The molecule has 0 heterocycles. The Bertz CT molecular complexity index is 632. The molecule has 1 aromatic carbocycles. The first kappa shape index (κ1) is 17.5. The molecule has 2 aliphatic carbocycles. The molecule has 0 bridgehead atoms. The normalized spacial score (nSPS) is 20.1. The Morgan fingerprint density at radius 2 is 1.75 bits per heavy atom. The first-order valence-corrected chi connectivity index (χ1v) is 9.69. The summed E-state index contributed by atoms with van der Waals surface area (Å²) < 4.78 is 0.977. The van der Waals surface area contributed by atoms with Crippen LogP contribution in [0.1, 0.15) is 56.9 Å². The van der Waals surface area contributed by atoms with Gasteiger partial charge in [0.1, 0.15) is 5.41 Å². The molecule has 5 heteroatoms. The summed E-state index contributed by atoms with van der Waals surface area (Å²) in [4.78, 5) is 25.4. The number of hydrogen-bond donors (Lipinski definition) is 2. The molecule has 0 aromatic heterocycles. The van der Waals surface area contributed by atoms with Gasteiger partial charge in [-0.2, -0.15) is 0 Å². The zero-order valence-corrected chi connectivity index (χ0v) is 15.7. The summed E-state index contributed by atoms with van der Waals surface area (Å²) in [6.45, 7) is 1.95. The number of carbonyl (C=O) groups excluding carboxylic acids is 2. The molecule has 3 rings (SSSR count). The van der Waals surface area contributed by atoms with E-state index in [1.807, 2.05) is 25.1 Å². The van der Waals surface area contributed by atoms with Crippen molar-refractivity contribution in [3.8, 4) is 0 Å². The Morgan fingerprint density at radius 3 is 2.33 bits per heavy atom. The molecule has 2 amide bonds. The fourth-order valence-electron chi connectivity index (χ4n) is 3.44. The molecule has 2 aliphatic rings. The second-order valence-electron chi connectivity index (χ2n) is 7.16. The number of halogens is 1. The highest BCUT2D eigenvalue weighted by molar-refractivity contribution is 9.10. The van der Waals surface area contributed by atoms with E-state index in [2.05, 4.69) is 26.6 Å². The van der Waals surface area contributed by atoms with Gasteiger partial charge in [-0.05, 0) is 56.4 Å². The molecule has 2 saturated carbocycles. The Morgan fingerprint density at radius 1 is 1.08 bits per heavy atom. The van der Waals surface area contributed by atoms with E-state index in [1.165, 1.54) is 25.7 Å². The van der Waals surface area contributed by atoms with E-state index < -0.39 is 5.41 Å². The van der Waals surface area contributed by atoms with Crippen LogP contribution in [0.2, 0.25) is 0 Å². The van der Waals surface area contributed by atoms with Gasteiger partial charge in [0.2, 0.25) is 11.8 Å². The van der Waals surface area contributed by atoms with Crippen molar-refractivity contribution in [2.75, 3.05) is 5.32 Å². The van der Waals surface area contributed by atoms with Crippen molar-refractivity contribution in [2.24, 2.45) is 5.41 Å². The van der Waals surface area contributed by atoms with Crippen molar-refractivity contribution in [1.29, 1.82) is 0 Å². The van der Waals surface area contributed by atoms with Crippen LogP contribution in [0.5, 0.6) is 0 Å². The molecule has 4 nitrogen and oxygen atoms in total. The van der Waals surface area contributed by atoms with Crippen LogP contribution in [-0.4, -0.2) is 17.9 Å². The summed E-state index contributed by atoms with van der Waals surface area (Å²) in [5.41, 5.74) is 0.903. The van der Waals surface area contributed by atoms with Crippen LogP contribution in [0.25, 0.3) is 0 Å². The predicted molar refractivity (Wildman–Crippen MR) is 98.8 cm³/mol. The highest BCUT2D eigenvalue weighted by Gasteiger charge is 2.56. The fraction of sp³-hybridized carbons (Fsp3) is 0.579. The van der Waals surface area contributed by atoms with E-state index >= 15 is 0 Å². The van der Waals surface area contributed by atoms with Crippen molar-refractivity contribution in [1.82, 2.24) is 5.32 Å². The number of hydrogen-bond acceptors (Lipinski definition) is 2. The molecule has 24 heavy (non-hydrogen) atoms. The first-order chi connectivity index (χ1) is 11.5. The average molecular weight is 393 g/mol. The minimum absolute atomic E-state index is 0.0818. The maximum atomic E-state index is 12.7. The van der Waals surface area contributed by atoms with E-state index in [0.717, 1.165) is 28.6 Å². The zero-order chi connectivity index (χ0) is 17.2. The van der Waals surface area contributed by atoms with E-state index in [9.17, 15) is 9.59 Å². The topological polar surface area (TPSA) is 58.2 Å². The largest absolute Gasteiger partial charge is 0.352 e. The lowest BCUT2D eigenvalue weighted by atomic mass is 10.0. The molecule has 2 fully saturated rings. The standard InChI is InChI=1S/C19H25BrN2O2/c1-13-12-14(20)8-9-16(13)22-18(24)19(10-11-19)17(23)21-15-6-4-2-3-5-7-15/h8-9,12,15H,2-7,10-11H2,1H3,(H,21,23)(H,22,24). The minimum atomic E-state index is -0.855. The molecule has 0 atom stereocenters. The molecule has 0 unspecified atom stereocenters. The van der Waals surface area contributed by atoms with Gasteiger partial charge in [0.05, 0.1) is 0 Å².